The second kappa shape index (κ2) is 13.0. The molecule has 4 N–H and O–H groups in total. The number of piperidine rings is 1. The Bertz CT molecular complexity index is 1200. The van der Waals surface area contributed by atoms with Gasteiger partial charge in [0.25, 0.3) is 0 Å². The molecule has 1 aliphatic heterocycles. The van der Waals surface area contributed by atoms with Crippen molar-refractivity contribution in [3.63, 3.8) is 0 Å². The Labute approximate surface area is 229 Å². The van der Waals surface area contributed by atoms with Crippen LogP contribution < -0.4 is 21.3 Å². The molecule has 38 heavy (non-hydrogen) atoms. The highest BCUT2D eigenvalue weighted by Crippen LogP contribution is 2.32. The SMILES string of the molecule is CCNC(=O)NCc1ccccc1-c1cc(-c2cnc(NC(C)C)s2)nc(NC2CCN(C(C)C)CC2)n1. The van der Waals surface area contributed by atoms with E-state index in [1.54, 1.807) is 11.3 Å². The van der Waals surface area contributed by atoms with Crippen molar-refractivity contribution < 1.29 is 4.79 Å². The van der Waals surface area contributed by atoms with Gasteiger partial charge < -0.3 is 26.2 Å². The van der Waals surface area contributed by atoms with Crippen molar-refractivity contribution in [2.45, 2.75) is 72.1 Å². The molecular weight excluding hydrogens is 496 g/mol. The van der Waals surface area contributed by atoms with Crippen molar-refractivity contribution in [1.29, 1.82) is 0 Å². The van der Waals surface area contributed by atoms with Gasteiger partial charge in [-0.25, -0.2) is 19.7 Å². The lowest BCUT2D eigenvalue weighted by atomic mass is 10.0. The van der Waals surface area contributed by atoms with Crippen LogP contribution in [0.1, 0.15) is 53.0 Å². The Morgan fingerprint density at radius 2 is 1.82 bits per heavy atom. The minimum atomic E-state index is -0.185. The lowest BCUT2D eigenvalue weighted by Crippen LogP contribution is -2.42. The van der Waals surface area contributed by atoms with Crippen LogP contribution in [0.5, 0.6) is 0 Å². The number of aromatic nitrogens is 3. The summed E-state index contributed by atoms with van der Waals surface area (Å²) >= 11 is 1.59. The van der Waals surface area contributed by atoms with Crippen LogP contribution in [0.25, 0.3) is 21.8 Å². The maximum absolute atomic E-state index is 12.0. The van der Waals surface area contributed by atoms with Gasteiger partial charge in [-0.3, -0.25) is 0 Å². The van der Waals surface area contributed by atoms with Gasteiger partial charge in [0, 0.05) is 56.1 Å². The number of hydrogen-bond donors (Lipinski definition) is 4. The highest BCUT2D eigenvalue weighted by Gasteiger charge is 2.22. The van der Waals surface area contributed by atoms with Gasteiger partial charge in [0.15, 0.2) is 5.13 Å². The molecule has 0 saturated carbocycles. The van der Waals surface area contributed by atoms with Gasteiger partial charge >= 0.3 is 6.03 Å². The fourth-order valence-corrected chi connectivity index (χ4v) is 5.47. The molecule has 0 spiro atoms. The second-order valence-corrected chi connectivity index (χ2v) is 11.2. The number of amides is 2. The first-order valence-corrected chi connectivity index (χ1v) is 14.4. The number of anilines is 2. The topological polar surface area (TPSA) is 107 Å². The van der Waals surface area contributed by atoms with Gasteiger partial charge in [-0.1, -0.05) is 35.6 Å². The molecule has 1 aliphatic rings. The number of likely N-dealkylation sites (tertiary alicyclic amines) is 1. The molecule has 0 radical (unpaired) electrons. The normalized spacial score (nSPS) is 14.6. The van der Waals surface area contributed by atoms with Gasteiger partial charge in [0.05, 0.1) is 16.3 Å². The number of carbonyl (C=O) groups excluding carboxylic acids is 1. The highest BCUT2D eigenvalue weighted by molar-refractivity contribution is 7.18. The predicted octanol–water partition coefficient (Wildman–Crippen LogP) is 5.19. The number of rotatable bonds is 10. The molecule has 0 unspecified atom stereocenters. The van der Waals surface area contributed by atoms with Crippen molar-refractivity contribution in [1.82, 2.24) is 30.5 Å². The van der Waals surface area contributed by atoms with Crippen LogP contribution in [0.3, 0.4) is 0 Å². The molecule has 0 atom stereocenters. The lowest BCUT2D eigenvalue weighted by Gasteiger charge is -2.34. The molecule has 0 bridgehead atoms. The van der Waals surface area contributed by atoms with Gasteiger partial charge in [0.1, 0.15) is 0 Å². The molecule has 3 heterocycles. The molecule has 4 rings (SSSR count). The van der Waals surface area contributed by atoms with Gasteiger partial charge in [-0.2, -0.15) is 0 Å². The van der Waals surface area contributed by atoms with Crippen molar-refractivity contribution >= 4 is 28.4 Å². The number of urea groups is 1. The van der Waals surface area contributed by atoms with Crippen LogP contribution in [0.2, 0.25) is 0 Å². The van der Waals surface area contributed by atoms with E-state index in [1.807, 2.05) is 43.5 Å². The summed E-state index contributed by atoms with van der Waals surface area (Å²) in [6.45, 7) is 13.7. The average Bonchev–Trinajstić information content (AvgIpc) is 3.36. The maximum atomic E-state index is 12.0. The van der Waals surface area contributed by atoms with Crippen LogP contribution in [0.15, 0.2) is 36.5 Å². The Morgan fingerprint density at radius 1 is 1.08 bits per heavy atom. The summed E-state index contributed by atoms with van der Waals surface area (Å²) in [7, 11) is 0. The number of nitrogens with one attached hydrogen (secondary N) is 4. The summed E-state index contributed by atoms with van der Waals surface area (Å²) in [6.07, 6.45) is 3.98. The predicted molar refractivity (Wildman–Crippen MR) is 157 cm³/mol. The monoisotopic (exact) mass is 536 g/mol. The summed E-state index contributed by atoms with van der Waals surface area (Å²) in [5.41, 5.74) is 3.61. The third-order valence-electron chi connectivity index (χ3n) is 6.56. The van der Waals surface area contributed by atoms with E-state index < -0.39 is 0 Å². The fourth-order valence-electron chi connectivity index (χ4n) is 4.55. The van der Waals surface area contributed by atoms with Crippen LogP contribution in [-0.2, 0) is 6.54 Å². The van der Waals surface area contributed by atoms with Crippen LogP contribution in [-0.4, -0.2) is 63.6 Å². The van der Waals surface area contributed by atoms with Gasteiger partial charge in [0.2, 0.25) is 5.95 Å². The van der Waals surface area contributed by atoms with Gasteiger partial charge in [-0.15, -0.1) is 0 Å². The molecule has 10 heteroatoms. The van der Waals surface area contributed by atoms with E-state index in [0.29, 0.717) is 37.2 Å². The molecule has 2 amide bonds. The smallest absolute Gasteiger partial charge is 0.315 e. The molecule has 9 nitrogen and oxygen atoms in total. The zero-order chi connectivity index (χ0) is 27.1. The average molecular weight is 537 g/mol. The number of carbonyl (C=O) groups is 1. The van der Waals surface area contributed by atoms with E-state index in [2.05, 4.69) is 58.8 Å². The van der Waals surface area contributed by atoms with Crippen molar-refractivity contribution in [3.05, 3.63) is 42.1 Å². The van der Waals surface area contributed by atoms with Crippen molar-refractivity contribution in [3.8, 4) is 21.8 Å². The van der Waals surface area contributed by atoms with E-state index in [9.17, 15) is 4.79 Å². The minimum absolute atomic E-state index is 0.185. The number of hydrogen-bond acceptors (Lipinski definition) is 8. The first-order valence-electron chi connectivity index (χ1n) is 13.5. The molecule has 204 valence electrons. The molecule has 2 aromatic heterocycles. The zero-order valence-corrected chi connectivity index (χ0v) is 23.9. The van der Waals surface area contributed by atoms with E-state index in [4.69, 9.17) is 9.97 Å². The summed E-state index contributed by atoms with van der Waals surface area (Å²) < 4.78 is 0. The zero-order valence-electron chi connectivity index (χ0n) is 23.0. The summed E-state index contributed by atoms with van der Waals surface area (Å²) in [4.78, 5) is 30.0. The first-order chi connectivity index (χ1) is 18.3. The number of benzene rings is 1. The Kier molecular flexibility index (Phi) is 9.52. The van der Waals surface area contributed by atoms with E-state index >= 15 is 0 Å². The Balaban J connectivity index is 1.65. The molecule has 3 aromatic rings. The van der Waals surface area contributed by atoms with Gasteiger partial charge in [-0.05, 0) is 59.1 Å². The van der Waals surface area contributed by atoms with E-state index in [1.165, 1.54) is 0 Å². The van der Waals surface area contributed by atoms with Crippen LogP contribution >= 0.6 is 11.3 Å². The molecule has 0 aliphatic carbocycles. The Morgan fingerprint density at radius 3 is 2.53 bits per heavy atom. The molecular formula is C28H40N8OS. The third kappa shape index (κ3) is 7.41. The van der Waals surface area contributed by atoms with Crippen molar-refractivity contribution in [2.24, 2.45) is 0 Å². The maximum Gasteiger partial charge on any atom is 0.315 e. The van der Waals surface area contributed by atoms with Crippen molar-refractivity contribution in [2.75, 3.05) is 30.3 Å². The summed E-state index contributed by atoms with van der Waals surface area (Å²) in [5.74, 6) is 0.624. The standard InChI is InChI=1S/C28H40N8OS/c1-6-29-27(37)30-16-20-9-7-8-10-22(20)23-15-24(25-17-31-28(38-25)32-18(2)3)35-26(34-23)33-21-11-13-36(14-12-21)19(4)5/h7-10,15,17-19,21H,6,11-14,16H2,1-5H3,(H,31,32)(H2,29,30,37)(H,33,34,35). The second-order valence-electron chi connectivity index (χ2n) is 10.2. The quantitative estimate of drug-likeness (QED) is 0.282. The molecule has 1 saturated heterocycles. The highest BCUT2D eigenvalue weighted by atomic mass is 32.1. The molecule has 1 fully saturated rings. The van der Waals surface area contributed by atoms with E-state index in [-0.39, 0.29) is 6.03 Å². The number of nitrogens with zero attached hydrogens (tertiary/aromatic N) is 4. The Hall–Kier alpha value is -3.24. The fraction of sp³-hybridized carbons (Fsp3) is 0.500. The van der Waals surface area contributed by atoms with E-state index in [0.717, 1.165) is 58.5 Å². The number of thiazole rings is 1. The summed E-state index contributed by atoms with van der Waals surface area (Å²) in [5, 5.41) is 13.6. The minimum Gasteiger partial charge on any atom is -0.359 e. The van der Waals surface area contributed by atoms with Crippen LogP contribution in [0.4, 0.5) is 15.9 Å². The third-order valence-corrected chi connectivity index (χ3v) is 7.51. The van der Waals surface area contributed by atoms with Crippen LogP contribution in [0, 0.1) is 0 Å². The lowest BCUT2D eigenvalue weighted by molar-refractivity contribution is 0.177. The largest absolute Gasteiger partial charge is 0.359 e. The summed E-state index contributed by atoms with van der Waals surface area (Å²) in [6, 6.07) is 11.1. The molecule has 1 aromatic carbocycles. The first kappa shape index (κ1) is 27.8.